The molecule has 0 spiro atoms. The van der Waals surface area contributed by atoms with Crippen LogP contribution >= 0.6 is 35.2 Å². The minimum absolute atomic E-state index is 0.111. The molecule has 86 valence electrons. The zero-order valence-electron chi connectivity index (χ0n) is 8.85. The Morgan fingerprint density at radius 3 is 2.47 bits per heavy atom. The van der Waals surface area contributed by atoms with Gasteiger partial charge in [0.05, 0.1) is 0 Å². The predicted molar refractivity (Wildman–Crippen MR) is 80.8 cm³/mol. The van der Waals surface area contributed by atoms with Crippen molar-refractivity contribution in [1.29, 1.82) is 0 Å². The van der Waals surface area contributed by atoms with Crippen LogP contribution in [0.15, 0.2) is 53.4 Å². The molecular formula is C13H10INOS. The van der Waals surface area contributed by atoms with Crippen molar-refractivity contribution in [3.8, 4) is 0 Å². The van der Waals surface area contributed by atoms with Gasteiger partial charge in [-0.05, 0) is 65.1 Å². The van der Waals surface area contributed by atoms with Crippen molar-refractivity contribution in [3.63, 3.8) is 0 Å². The molecule has 1 amide bonds. The monoisotopic (exact) mass is 355 g/mol. The Labute approximate surface area is 119 Å². The first kappa shape index (κ1) is 12.4. The normalized spacial score (nSPS) is 10.0. The molecule has 2 rings (SSSR count). The van der Waals surface area contributed by atoms with Gasteiger partial charge < -0.3 is 5.32 Å². The van der Waals surface area contributed by atoms with Gasteiger partial charge in [0.25, 0.3) is 5.91 Å². The van der Waals surface area contributed by atoms with Crippen molar-refractivity contribution in [2.45, 2.75) is 4.90 Å². The Morgan fingerprint density at radius 2 is 1.82 bits per heavy atom. The van der Waals surface area contributed by atoms with E-state index in [2.05, 4.69) is 40.5 Å². The number of amides is 1. The minimum Gasteiger partial charge on any atom is -0.322 e. The zero-order valence-corrected chi connectivity index (χ0v) is 11.9. The number of anilines is 1. The van der Waals surface area contributed by atoms with Gasteiger partial charge in [-0.1, -0.05) is 6.07 Å². The number of hydrogen-bond donors (Lipinski definition) is 2. The maximum Gasteiger partial charge on any atom is 0.255 e. The van der Waals surface area contributed by atoms with E-state index in [1.807, 2.05) is 24.3 Å². The SMILES string of the molecule is O=C(Nc1cccc(I)c1)c1ccc(S)cc1. The highest BCUT2D eigenvalue weighted by Crippen LogP contribution is 2.14. The summed E-state index contributed by atoms with van der Waals surface area (Å²) in [5.41, 5.74) is 1.43. The van der Waals surface area contributed by atoms with E-state index in [4.69, 9.17) is 0 Å². The van der Waals surface area contributed by atoms with Crippen LogP contribution in [-0.4, -0.2) is 5.91 Å². The van der Waals surface area contributed by atoms with Gasteiger partial charge in [0.2, 0.25) is 0 Å². The summed E-state index contributed by atoms with van der Waals surface area (Å²) < 4.78 is 1.09. The average Bonchev–Trinajstić information content (AvgIpc) is 2.29. The van der Waals surface area contributed by atoms with Crippen LogP contribution in [0.2, 0.25) is 0 Å². The van der Waals surface area contributed by atoms with Gasteiger partial charge in [-0.15, -0.1) is 12.6 Å². The fourth-order valence-corrected chi connectivity index (χ4v) is 2.07. The first-order chi connectivity index (χ1) is 8.15. The van der Waals surface area contributed by atoms with Gasteiger partial charge in [0, 0.05) is 19.7 Å². The molecule has 0 saturated heterocycles. The predicted octanol–water partition coefficient (Wildman–Crippen LogP) is 3.83. The molecule has 2 aromatic rings. The highest BCUT2D eigenvalue weighted by atomic mass is 127. The third kappa shape index (κ3) is 3.47. The largest absolute Gasteiger partial charge is 0.322 e. The molecule has 17 heavy (non-hydrogen) atoms. The van der Waals surface area contributed by atoms with Gasteiger partial charge in [-0.2, -0.15) is 0 Å². The molecule has 0 bridgehead atoms. The third-order valence-electron chi connectivity index (χ3n) is 2.21. The summed E-state index contributed by atoms with van der Waals surface area (Å²) in [7, 11) is 0. The molecule has 0 unspecified atom stereocenters. The van der Waals surface area contributed by atoms with E-state index in [1.165, 1.54) is 0 Å². The molecule has 0 atom stereocenters. The molecule has 0 fully saturated rings. The average molecular weight is 355 g/mol. The highest BCUT2D eigenvalue weighted by molar-refractivity contribution is 14.1. The van der Waals surface area contributed by atoms with Gasteiger partial charge in [-0.3, -0.25) is 4.79 Å². The topological polar surface area (TPSA) is 29.1 Å². The van der Waals surface area contributed by atoms with E-state index in [0.717, 1.165) is 14.2 Å². The van der Waals surface area contributed by atoms with Crippen molar-refractivity contribution >= 4 is 46.8 Å². The lowest BCUT2D eigenvalue weighted by atomic mass is 10.2. The quantitative estimate of drug-likeness (QED) is 0.622. The van der Waals surface area contributed by atoms with E-state index < -0.39 is 0 Å². The lowest BCUT2D eigenvalue weighted by Crippen LogP contribution is -2.11. The number of rotatable bonds is 2. The van der Waals surface area contributed by atoms with Crippen LogP contribution in [0.3, 0.4) is 0 Å². The molecule has 0 heterocycles. The number of hydrogen-bond acceptors (Lipinski definition) is 2. The lowest BCUT2D eigenvalue weighted by Gasteiger charge is -2.05. The van der Waals surface area contributed by atoms with Crippen LogP contribution in [0.4, 0.5) is 5.69 Å². The van der Waals surface area contributed by atoms with E-state index in [1.54, 1.807) is 24.3 Å². The van der Waals surface area contributed by atoms with Gasteiger partial charge in [-0.25, -0.2) is 0 Å². The Hall–Kier alpha value is -1.01. The Morgan fingerprint density at radius 1 is 1.12 bits per heavy atom. The summed E-state index contributed by atoms with van der Waals surface area (Å²) in [6.07, 6.45) is 0. The van der Waals surface area contributed by atoms with E-state index in [-0.39, 0.29) is 5.91 Å². The Kier molecular flexibility index (Phi) is 4.06. The third-order valence-corrected chi connectivity index (χ3v) is 3.18. The van der Waals surface area contributed by atoms with Crippen LogP contribution in [-0.2, 0) is 0 Å². The molecule has 0 aliphatic rings. The molecule has 1 N–H and O–H groups in total. The maximum atomic E-state index is 11.9. The summed E-state index contributed by atoms with van der Waals surface area (Å²) >= 11 is 6.39. The molecule has 0 aliphatic heterocycles. The van der Waals surface area contributed by atoms with Crippen molar-refractivity contribution in [1.82, 2.24) is 0 Å². The fraction of sp³-hybridized carbons (Fsp3) is 0. The van der Waals surface area contributed by atoms with Crippen LogP contribution in [0.1, 0.15) is 10.4 Å². The van der Waals surface area contributed by atoms with E-state index >= 15 is 0 Å². The lowest BCUT2D eigenvalue weighted by molar-refractivity contribution is 0.102. The number of thiol groups is 1. The number of carbonyl (C=O) groups is 1. The van der Waals surface area contributed by atoms with Crippen LogP contribution in [0, 0.1) is 3.57 Å². The molecule has 0 radical (unpaired) electrons. The van der Waals surface area contributed by atoms with Crippen LogP contribution in [0.25, 0.3) is 0 Å². The number of carbonyl (C=O) groups excluding carboxylic acids is 1. The summed E-state index contributed by atoms with van der Waals surface area (Å²) in [5.74, 6) is -0.111. The Bertz CT molecular complexity index is 539. The second kappa shape index (κ2) is 5.55. The fourth-order valence-electron chi connectivity index (χ4n) is 1.38. The highest BCUT2D eigenvalue weighted by Gasteiger charge is 2.05. The van der Waals surface area contributed by atoms with Crippen molar-refractivity contribution in [2.75, 3.05) is 5.32 Å². The van der Waals surface area contributed by atoms with Gasteiger partial charge >= 0.3 is 0 Å². The maximum absolute atomic E-state index is 11.9. The minimum atomic E-state index is -0.111. The van der Waals surface area contributed by atoms with Crippen molar-refractivity contribution in [2.24, 2.45) is 0 Å². The first-order valence-electron chi connectivity index (χ1n) is 5.01. The van der Waals surface area contributed by atoms with E-state index in [9.17, 15) is 4.79 Å². The summed E-state index contributed by atoms with van der Waals surface area (Å²) in [6, 6.07) is 14.8. The van der Waals surface area contributed by atoms with Crippen LogP contribution < -0.4 is 5.32 Å². The molecule has 0 aliphatic carbocycles. The second-order valence-corrected chi connectivity index (χ2v) is 5.27. The zero-order chi connectivity index (χ0) is 12.3. The molecular weight excluding hydrogens is 345 g/mol. The van der Waals surface area contributed by atoms with Crippen molar-refractivity contribution in [3.05, 3.63) is 57.7 Å². The second-order valence-electron chi connectivity index (χ2n) is 3.51. The van der Waals surface area contributed by atoms with Crippen molar-refractivity contribution < 1.29 is 4.79 Å². The molecule has 4 heteroatoms. The Balaban J connectivity index is 2.14. The van der Waals surface area contributed by atoms with Gasteiger partial charge in [0.15, 0.2) is 0 Å². The summed E-state index contributed by atoms with van der Waals surface area (Å²) in [5, 5.41) is 2.85. The molecule has 0 saturated carbocycles. The number of nitrogens with one attached hydrogen (secondary N) is 1. The van der Waals surface area contributed by atoms with E-state index in [0.29, 0.717) is 5.56 Å². The molecule has 2 nitrogen and oxygen atoms in total. The summed E-state index contributed by atoms with van der Waals surface area (Å²) in [6.45, 7) is 0. The summed E-state index contributed by atoms with van der Waals surface area (Å²) in [4.78, 5) is 12.7. The number of benzene rings is 2. The van der Waals surface area contributed by atoms with Crippen LogP contribution in [0.5, 0.6) is 0 Å². The van der Waals surface area contributed by atoms with Gasteiger partial charge in [0.1, 0.15) is 0 Å². The standard InChI is InChI=1S/C13H10INOS/c14-10-2-1-3-11(8-10)15-13(16)9-4-6-12(17)7-5-9/h1-8,17H,(H,15,16). The number of halogens is 1. The smallest absolute Gasteiger partial charge is 0.255 e. The molecule has 0 aromatic heterocycles. The first-order valence-corrected chi connectivity index (χ1v) is 6.54. The molecule has 2 aromatic carbocycles.